The lowest BCUT2D eigenvalue weighted by Gasteiger charge is -2.16. The number of carbonyl (C=O) groups excluding carboxylic acids is 2. The number of anilines is 2. The number of carbonyl (C=O) groups is 2. The van der Waals surface area contributed by atoms with Gasteiger partial charge in [-0.2, -0.15) is 0 Å². The van der Waals surface area contributed by atoms with Gasteiger partial charge in [-0.3, -0.25) is 9.36 Å². The van der Waals surface area contributed by atoms with Crippen molar-refractivity contribution in [1.29, 1.82) is 0 Å². The zero-order valence-corrected chi connectivity index (χ0v) is 21.2. The first-order valence-electron chi connectivity index (χ1n) is 11.5. The number of nitrogens with two attached hydrogens (primary N) is 2. The summed E-state index contributed by atoms with van der Waals surface area (Å²) in [6, 6.07) is 5.57. The molecule has 0 spiro atoms. The number of nitrogens with one attached hydrogen (secondary N) is 1. The molecule has 14 heteroatoms. The highest BCUT2D eigenvalue weighted by molar-refractivity contribution is 7.96. The lowest BCUT2D eigenvalue weighted by Crippen LogP contribution is -2.38. The van der Waals surface area contributed by atoms with Gasteiger partial charge in [0.2, 0.25) is 5.91 Å². The second-order valence-corrected chi connectivity index (χ2v) is 11.1. The van der Waals surface area contributed by atoms with Gasteiger partial charge in [0.15, 0.2) is 17.7 Å². The summed E-state index contributed by atoms with van der Waals surface area (Å²) in [6.45, 7) is 1.40. The molecule has 0 saturated carbocycles. The number of esters is 1. The highest BCUT2D eigenvalue weighted by atomic mass is 32.2. The number of rotatable bonds is 9. The van der Waals surface area contributed by atoms with Gasteiger partial charge in [-0.1, -0.05) is 0 Å². The Balaban J connectivity index is 1.28. The topological polar surface area (TPSA) is 201 Å². The minimum absolute atomic E-state index is 0.197. The quantitative estimate of drug-likeness (QED) is 0.136. The molecule has 198 valence electrons. The summed E-state index contributed by atoms with van der Waals surface area (Å²) in [5, 5.41) is 23.9. The highest BCUT2D eigenvalue weighted by Gasteiger charge is 2.46. The predicted molar refractivity (Wildman–Crippen MR) is 138 cm³/mol. The van der Waals surface area contributed by atoms with Crippen molar-refractivity contribution in [1.82, 2.24) is 19.5 Å². The van der Waals surface area contributed by atoms with Crippen LogP contribution in [0.15, 0.2) is 36.9 Å². The van der Waals surface area contributed by atoms with E-state index in [-0.39, 0.29) is 22.6 Å². The molecule has 4 rings (SSSR count). The number of imidazole rings is 1. The molecule has 1 aliphatic rings. The zero-order chi connectivity index (χ0) is 26.7. The van der Waals surface area contributed by atoms with E-state index in [1.165, 1.54) is 24.1 Å². The number of aliphatic hydroxyl groups excluding tert-OH is 2. The minimum Gasteiger partial charge on any atom is -0.425 e. The second kappa shape index (κ2) is 11.4. The predicted octanol–water partition coefficient (Wildman–Crippen LogP) is -0.443. The van der Waals surface area contributed by atoms with Gasteiger partial charge in [0.25, 0.3) is 0 Å². The van der Waals surface area contributed by atoms with E-state index in [1.807, 2.05) is 6.26 Å². The summed E-state index contributed by atoms with van der Waals surface area (Å²) in [5.74, 6) is 0.836. The number of aliphatic hydroxyl groups is 2. The molecule has 0 radical (unpaired) electrons. The van der Waals surface area contributed by atoms with Crippen molar-refractivity contribution in [3.8, 4) is 5.75 Å². The Hall–Kier alpha value is -3.30. The molecule has 0 bridgehead atoms. The van der Waals surface area contributed by atoms with Crippen LogP contribution in [0.1, 0.15) is 19.6 Å². The van der Waals surface area contributed by atoms with Crippen molar-refractivity contribution >= 4 is 45.4 Å². The fourth-order valence-electron chi connectivity index (χ4n) is 3.96. The van der Waals surface area contributed by atoms with Crippen molar-refractivity contribution in [3.63, 3.8) is 0 Å². The van der Waals surface area contributed by atoms with E-state index in [9.17, 15) is 19.8 Å². The molecular weight excluding hydrogens is 502 g/mol. The number of benzene rings is 1. The summed E-state index contributed by atoms with van der Waals surface area (Å²) in [7, 11) is -0.275. The number of hydrogen-bond donors (Lipinski definition) is 5. The van der Waals surface area contributed by atoms with Crippen molar-refractivity contribution < 1.29 is 29.3 Å². The smallest absolute Gasteiger partial charge is 0.328 e. The molecule has 1 aromatic carbocycles. The Morgan fingerprint density at radius 3 is 2.65 bits per heavy atom. The first kappa shape index (κ1) is 26.8. The van der Waals surface area contributed by atoms with Crippen LogP contribution in [-0.2, 0) is 25.2 Å². The molecule has 3 heterocycles. The lowest BCUT2D eigenvalue weighted by atomic mass is 10.1. The van der Waals surface area contributed by atoms with Gasteiger partial charge in [-0.05, 0) is 35.2 Å². The molecule has 1 amide bonds. The fourth-order valence-corrected chi connectivity index (χ4v) is 5.62. The van der Waals surface area contributed by atoms with E-state index in [0.717, 1.165) is 0 Å². The van der Waals surface area contributed by atoms with Gasteiger partial charge in [0.1, 0.15) is 53.5 Å². The van der Waals surface area contributed by atoms with Gasteiger partial charge in [-0.25, -0.2) is 19.7 Å². The molecule has 1 unspecified atom stereocenters. The summed E-state index contributed by atoms with van der Waals surface area (Å²) in [4.78, 5) is 35.8. The van der Waals surface area contributed by atoms with Gasteiger partial charge >= 0.3 is 5.97 Å². The lowest BCUT2D eigenvalue weighted by molar-refractivity contribution is -0.135. The Labute approximate surface area is 215 Å². The largest absolute Gasteiger partial charge is 0.425 e. The van der Waals surface area contributed by atoms with E-state index >= 15 is 0 Å². The zero-order valence-electron chi connectivity index (χ0n) is 20.4. The van der Waals surface area contributed by atoms with Crippen LogP contribution in [-0.4, -0.2) is 83.7 Å². The van der Waals surface area contributed by atoms with Crippen molar-refractivity contribution in [3.05, 3.63) is 36.9 Å². The van der Waals surface area contributed by atoms with Crippen LogP contribution in [0.4, 0.5) is 11.5 Å². The minimum atomic E-state index is -1.19. The fraction of sp³-hybridized carbons (Fsp3) is 0.435. The van der Waals surface area contributed by atoms with Crippen molar-refractivity contribution in [2.75, 3.05) is 28.8 Å². The number of nitrogens with zero attached hydrogens (tertiary/aromatic N) is 4. The SMILES string of the molecule is CC(=O)Nc1ccc(OC(=O)[C@@H](N)CC[S+](C)C[C@H]2O[C@@H](n3cnc4c(N)ncnc43)[C@H](O)[C@@H]2O)cc1. The first-order valence-corrected chi connectivity index (χ1v) is 13.5. The average Bonchev–Trinajstić information content (AvgIpc) is 3.41. The van der Waals surface area contributed by atoms with E-state index in [2.05, 4.69) is 20.3 Å². The molecule has 6 atom stereocenters. The van der Waals surface area contributed by atoms with Crippen LogP contribution in [0.3, 0.4) is 0 Å². The number of aromatic nitrogens is 4. The second-order valence-electron chi connectivity index (χ2n) is 8.80. The molecule has 1 saturated heterocycles. The Morgan fingerprint density at radius 1 is 1.22 bits per heavy atom. The van der Waals surface area contributed by atoms with Crippen LogP contribution < -0.4 is 21.5 Å². The highest BCUT2D eigenvalue weighted by Crippen LogP contribution is 2.32. The summed E-state index contributed by atoms with van der Waals surface area (Å²) < 4.78 is 12.9. The Bertz CT molecular complexity index is 1260. The molecule has 7 N–H and O–H groups in total. The third-order valence-electron chi connectivity index (χ3n) is 5.92. The van der Waals surface area contributed by atoms with Gasteiger partial charge in [0.05, 0.1) is 12.6 Å². The number of hydrogen-bond acceptors (Lipinski definition) is 11. The molecule has 1 fully saturated rings. The number of amides is 1. The number of ether oxygens (including phenoxy) is 2. The van der Waals surface area contributed by atoms with E-state index in [4.69, 9.17) is 20.9 Å². The van der Waals surface area contributed by atoms with Crippen molar-refractivity contribution in [2.45, 2.75) is 43.9 Å². The average molecular weight is 533 g/mol. The van der Waals surface area contributed by atoms with Crippen LogP contribution in [0.5, 0.6) is 5.75 Å². The third kappa shape index (κ3) is 6.17. The van der Waals surface area contributed by atoms with E-state index in [1.54, 1.807) is 24.3 Å². The van der Waals surface area contributed by atoms with Gasteiger partial charge in [0, 0.05) is 19.0 Å². The first-order chi connectivity index (χ1) is 17.6. The molecule has 3 aromatic rings. The summed E-state index contributed by atoms with van der Waals surface area (Å²) in [6.07, 6.45) is 1.28. The van der Waals surface area contributed by atoms with E-state index < -0.39 is 36.6 Å². The maximum Gasteiger partial charge on any atom is 0.328 e. The van der Waals surface area contributed by atoms with E-state index in [0.29, 0.717) is 40.5 Å². The van der Waals surface area contributed by atoms with Gasteiger partial charge < -0.3 is 36.5 Å². The van der Waals surface area contributed by atoms with Crippen LogP contribution in [0.25, 0.3) is 11.2 Å². The van der Waals surface area contributed by atoms with Crippen LogP contribution >= 0.6 is 0 Å². The maximum absolute atomic E-state index is 12.4. The Kier molecular flexibility index (Phi) is 8.24. The summed E-state index contributed by atoms with van der Waals surface area (Å²) >= 11 is 0. The maximum atomic E-state index is 12.4. The van der Waals surface area contributed by atoms with Crippen LogP contribution in [0, 0.1) is 0 Å². The monoisotopic (exact) mass is 532 g/mol. The normalized spacial score (nSPS) is 23.1. The molecule has 13 nitrogen and oxygen atoms in total. The van der Waals surface area contributed by atoms with Crippen molar-refractivity contribution in [2.24, 2.45) is 5.73 Å². The molecule has 2 aromatic heterocycles. The molecule has 37 heavy (non-hydrogen) atoms. The number of fused-ring (bicyclic) bond motifs is 1. The molecular formula is C23H30N7O6S+. The number of nitrogen functional groups attached to an aromatic ring is 1. The third-order valence-corrected chi connectivity index (χ3v) is 7.75. The van der Waals surface area contributed by atoms with Gasteiger partial charge in [-0.15, -0.1) is 0 Å². The molecule has 0 aliphatic carbocycles. The Morgan fingerprint density at radius 2 is 1.95 bits per heavy atom. The van der Waals surface area contributed by atoms with Crippen LogP contribution in [0.2, 0.25) is 0 Å². The summed E-state index contributed by atoms with van der Waals surface area (Å²) in [5.41, 5.74) is 13.2. The standard InChI is InChI=1S/C23H29N7O6S/c1-12(31)29-13-3-5-14(6-4-13)35-23(34)15(24)7-8-37(2)9-16-18(32)19(33)22(36-16)30-11-28-17-20(25)26-10-27-21(17)30/h3-6,10-11,15-16,18-19,22,32-33H,7-9,24H2,1-2H3,(H2-,25,26,27,29,31)/p+1/t15-,16+,18+,19+,22+,37?/m0/s1. The molecule has 1 aliphatic heterocycles.